The molecule has 120 valence electrons. The Bertz CT molecular complexity index is 881. The minimum Gasteiger partial charge on any atom is -0.369 e. The van der Waals surface area contributed by atoms with Crippen LogP contribution in [0, 0.1) is 11.3 Å². The van der Waals surface area contributed by atoms with E-state index < -0.39 is 5.54 Å². The largest absolute Gasteiger partial charge is 0.369 e. The van der Waals surface area contributed by atoms with Gasteiger partial charge in [0.25, 0.3) is 0 Å². The number of nitrogens with zero attached hydrogens (tertiary/aromatic N) is 3. The number of amides is 1. The maximum atomic E-state index is 12.2. The number of nitrogens with two attached hydrogens (primary N) is 1. The molecule has 2 aromatic carbocycles. The molecular weight excluding hydrogens is 300 g/mol. The van der Waals surface area contributed by atoms with E-state index in [-0.39, 0.29) is 18.3 Å². The lowest BCUT2D eigenvalue weighted by Crippen LogP contribution is -2.47. The minimum atomic E-state index is -0.684. The number of carbonyl (C=O) groups is 1. The third kappa shape index (κ3) is 2.74. The molecule has 0 aliphatic carbocycles. The van der Waals surface area contributed by atoms with Crippen molar-refractivity contribution < 1.29 is 4.79 Å². The van der Waals surface area contributed by atoms with Gasteiger partial charge < -0.3 is 5.73 Å². The van der Waals surface area contributed by atoms with Crippen molar-refractivity contribution in [2.45, 2.75) is 18.9 Å². The predicted octanol–water partition coefficient (Wildman–Crippen LogP) is 2.62. The Morgan fingerprint density at radius 2 is 1.88 bits per heavy atom. The van der Waals surface area contributed by atoms with Crippen molar-refractivity contribution in [3.8, 4) is 17.2 Å². The average Bonchev–Trinajstić information content (AvgIpc) is 2.60. The third-order valence-electron chi connectivity index (χ3n) is 4.38. The highest BCUT2D eigenvalue weighted by Crippen LogP contribution is 2.35. The van der Waals surface area contributed by atoms with Crippen molar-refractivity contribution in [2.75, 3.05) is 7.05 Å². The van der Waals surface area contributed by atoms with Gasteiger partial charge in [-0.15, -0.1) is 0 Å². The summed E-state index contributed by atoms with van der Waals surface area (Å²) in [7, 11) is 1.63. The van der Waals surface area contributed by atoms with E-state index in [0.717, 1.165) is 16.7 Å². The van der Waals surface area contributed by atoms with Crippen LogP contribution in [-0.2, 0) is 10.3 Å². The summed E-state index contributed by atoms with van der Waals surface area (Å²) in [6.07, 6.45) is 0.270. The summed E-state index contributed by atoms with van der Waals surface area (Å²) in [5, 5.41) is 9.07. The Morgan fingerprint density at radius 1 is 1.21 bits per heavy atom. The van der Waals surface area contributed by atoms with Gasteiger partial charge >= 0.3 is 0 Å². The van der Waals surface area contributed by atoms with Crippen LogP contribution in [0.5, 0.6) is 0 Å². The van der Waals surface area contributed by atoms with Gasteiger partial charge in [0, 0.05) is 7.05 Å². The van der Waals surface area contributed by atoms with Gasteiger partial charge in [0.15, 0.2) is 5.96 Å². The highest BCUT2D eigenvalue weighted by Gasteiger charge is 2.36. The Balaban J connectivity index is 2.05. The molecular formula is C19H18N4O. The fraction of sp³-hybridized carbons (Fsp3) is 0.211. The number of benzene rings is 2. The fourth-order valence-electron chi connectivity index (χ4n) is 2.88. The lowest BCUT2D eigenvalue weighted by molar-refractivity contribution is -0.128. The van der Waals surface area contributed by atoms with Crippen molar-refractivity contribution in [1.29, 1.82) is 5.26 Å². The molecule has 0 saturated carbocycles. The monoisotopic (exact) mass is 318 g/mol. The molecule has 2 aromatic rings. The van der Waals surface area contributed by atoms with E-state index in [4.69, 9.17) is 11.0 Å². The highest BCUT2D eigenvalue weighted by molar-refractivity contribution is 5.98. The predicted molar refractivity (Wildman–Crippen MR) is 93.0 cm³/mol. The van der Waals surface area contributed by atoms with E-state index >= 15 is 0 Å². The van der Waals surface area contributed by atoms with Crippen molar-refractivity contribution in [3.05, 3.63) is 59.7 Å². The van der Waals surface area contributed by atoms with Crippen LogP contribution < -0.4 is 5.73 Å². The van der Waals surface area contributed by atoms with Crippen molar-refractivity contribution in [3.63, 3.8) is 0 Å². The normalized spacial score (nSPS) is 20.5. The molecule has 1 atom stereocenters. The number of hydrogen-bond donors (Lipinski definition) is 1. The zero-order chi connectivity index (χ0) is 17.3. The lowest BCUT2D eigenvalue weighted by atomic mass is 9.86. The number of guanidine groups is 1. The Kier molecular flexibility index (Phi) is 3.82. The summed E-state index contributed by atoms with van der Waals surface area (Å²) >= 11 is 0. The topological polar surface area (TPSA) is 82.5 Å². The van der Waals surface area contributed by atoms with Crippen LogP contribution >= 0.6 is 0 Å². The van der Waals surface area contributed by atoms with Gasteiger partial charge in [0.2, 0.25) is 5.91 Å². The summed E-state index contributed by atoms with van der Waals surface area (Å²) < 4.78 is 0. The average molecular weight is 318 g/mol. The second-order valence-electron chi connectivity index (χ2n) is 6.15. The molecule has 3 rings (SSSR count). The molecule has 0 bridgehead atoms. The highest BCUT2D eigenvalue weighted by atomic mass is 16.2. The molecule has 24 heavy (non-hydrogen) atoms. The number of carbonyl (C=O) groups excluding carboxylic acids is 1. The third-order valence-corrected chi connectivity index (χ3v) is 4.38. The number of hydrogen-bond acceptors (Lipinski definition) is 4. The lowest BCUT2D eigenvalue weighted by Gasteiger charge is -2.33. The quantitative estimate of drug-likeness (QED) is 0.924. The molecule has 1 heterocycles. The molecule has 0 fully saturated rings. The number of aliphatic imine (C=N–C) groups is 1. The molecule has 1 aliphatic rings. The van der Waals surface area contributed by atoms with E-state index in [0.29, 0.717) is 5.56 Å². The first kappa shape index (κ1) is 15.8. The van der Waals surface area contributed by atoms with Gasteiger partial charge in [-0.25, -0.2) is 4.99 Å². The first-order valence-corrected chi connectivity index (χ1v) is 7.66. The van der Waals surface area contributed by atoms with Crippen molar-refractivity contribution in [2.24, 2.45) is 10.7 Å². The molecule has 1 amide bonds. The summed E-state index contributed by atoms with van der Waals surface area (Å²) in [5.41, 5.74) is 8.67. The Morgan fingerprint density at radius 3 is 2.54 bits per heavy atom. The standard InChI is InChI=1S/C19H18N4O/c1-19(11-17(24)23(2)18(21)22-19)16-8-4-7-15(10-16)14-6-3-5-13(9-14)12-20/h3-10H,11H2,1-2H3,(H2,21,22)/t19-/m0/s1. The van der Waals surface area contributed by atoms with Crippen LogP contribution in [-0.4, -0.2) is 23.8 Å². The van der Waals surface area contributed by atoms with Crippen LogP contribution in [0.1, 0.15) is 24.5 Å². The molecule has 5 nitrogen and oxygen atoms in total. The van der Waals surface area contributed by atoms with Crippen molar-refractivity contribution in [1.82, 2.24) is 4.90 Å². The van der Waals surface area contributed by atoms with Gasteiger partial charge in [0.1, 0.15) is 0 Å². The molecule has 0 radical (unpaired) electrons. The smallest absolute Gasteiger partial charge is 0.231 e. The summed E-state index contributed by atoms with van der Waals surface area (Å²) in [6, 6.07) is 17.5. The summed E-state index contributed by atoms with van der Waals surface area (Å²) in [4.78, 5) is 18.1. The van der Waals surface area contributed by atoms with Crippen LogP contribution in [0.3, 0.4) is 0 Å². The molecule has 2 N–H and O–H groups in total. The maximum absolute atomic E-state index is 12.2. The van der Waals surface area contributed by atoms with E-state index in [9.17, 15) is 4.79 Å². The van der Waals surface area contributed by atoms with Gasteiger partial charge in [-0.05, 0) is 41.8 Å². The van der Waals surface area contributed by atoms with Crippen LogP contribution in [0.25, 0.3) is 11.1 Å². The van der Waals surface area contributed by atoms with E-state index in [2.05, 4.69) is 11.1 Å². The summed E-state index contributed by atoms with van der Waals surface area (Å²) in [6.45, 7) is 1.91. The van der Waals surface area contributed by atoms with Gasteiger partial charge in [0.05, 0.1) is 23.6 Å². The van der Waals surface area contributed by atoms with Crippen LogP contribution in [0.4, 0.5) is 0 Å². The fourth-order valence-corrected chi connectivity index (χ4v) is 2.88. The molecule has 0 unspecified atom stereocenters. The molecule has 0 aromatic heterocycles. The number of nitriles is 1. The molecule has 0 saturated heterocycles. The van der Waals surface area contributed by atoms with Crippen molar-refractivity contribution >= 4 is 11.9 Å². The Labute approximate surface area is 141 Å². The summed E-state index contributed by atoms with van der Waals surface area (Å²) in [5.74, 6) is 0.174. The number of rotatable bonds is 2. The first-order valence-electron chi connectivity index (χ1n) is 7.66. The second kappa shape index (κ2) is 5.82. The van der Waals surface area contributed by atoms with E-state index in [1.807, 2.05) is 49.4 Å². The molecule has 1 aliphatic heterocycles. The first-order chi connectivity index (χ1) is 11.4. The molecule has 5 heteroatoms. The van der Waals surface area contributed by atoms with Gasteiger partial charge in [-0.2, -0.15) is 5.26 Å². The zero-order valence-electron chi connectivity index (χ0n) is 13.7. The van der Waals surface area contributed by atoms with E-state index in [1.165, 1.54) is 4.90 Å². The van der Waals surface area contributed by atoms with Crippen LogP contribution in [0.2, 0.25) is 0 Å². The van der Waals surface area contributed by atoms with Gasteiger partial charge in [-0.1, -0.05) is 30.3 Å². The zero-order valence-corrected chi connectivity index (χ0v) is 13.7. The van der Waals surface area contributed by atoms with Crippen LogP contribution in [0.15, 0.2) is 53.5 Å². The molecule has 0 spiro atoms. The van der Waals surface area contributed by atoms with E-state index in [1.54, 1.807) is 13.1 Å². The maximum Gasteiger partial charge on any atom is 0.231 e. The SMILES string of the molecule is CN1C(=O)C[C@@](C)(c2cccc(-c3cccc(C#N)c3)c2)N=C1N. The second-order valence-corrected chi connectivity index (χ2v) is 6.15. The Hall–Kier alpha value is -3.13. The minimum absolute atomic E-state index is 0.0538. The van der Waals surface area contributed by atoms with Gasteiger partial charge in [-0.3, -0.25) is 9.69 Å².